The molecule has 2 heteroatoms. The minimum atomic E-state index is 0. The Hall–Kier alpha value is 0.674. The maximum Gasteiger partial charge on any atom is 0.0466 e. The third-order valence-corrected chi connectivity index (χ3v) is 6.28. The van der Waals surface area contributed by atoms with Gasteiger partial charge in [0.2, 0.25) is 0 Å². The van der Waals surface area contributed by atoms with Crippen molar-refractivity contribution in [3.63, 3.8) is 0 Å². The van der Waals surface area contributed by atoms with E-state index in [2.05, 4.69) is 13.8 Å². The van der Waals surface area contributed by atoms with Gasteiger partial charge in [-0.25, -0.2) is 0 Å². The zero-order valence-corrected chi connectivity index (χ0v) is 22.9. The molecule has 30 heavy (non-hydrogen) atoms. The molecule has 0 aromatic heterocycles. The summed E-state index contributed by atoms with van der Waals surface area (Å²) in [5.41, 5.74) is 0. The van der Waals surface area contributed by atoms with E-state index in [9.17, 15) is 0 Å². The van der Waals surface area contributed by atoms with Crippen LogP contribution in [0.1, 0.15) is 168 Å². The standard InChI is InChI=1S/C28H58O.Ti/c1-3-5-7-9-11-13-15-17-19-21-23-25-27-29-28-26-24-22-20-18-16-14-12-10-8-6-4-2;/h3-28H2,1-2H3;. The van der Waals surface area contributed by atoms with Crippen molar-refractivity contribution in [3.8, 4) is 0 Å². The predicted molar refractivity (Wildman–Crippen MR) is 133 cm³/mol. The van der Waals surface area contributed by atoms with Gasteiger partial charge in [-0.1, -0.05) is 155 Å². The second-order valence-electron chi connectivity index (χ2n) is 9.39. The summed E-state index contributed by atoms with van der Waals surface area (Å²) in [7, 11) is 0. The summed E-state index contributed by atoms with van der Waals surface area (Å²) in [6.45, 7) is 6.58. The molecule has 0 bridgehead atoms. The van der Waals surface area contributed by atoms with Crippen LogP contribution in [0.25, 0.3) is 0 Å². The van der Waals surface area contributed by atoms with Crippen LogP contribution >= 0.6 is 0 Å². The molecule has 0 aromatic rings. The molecule has 0 N–H and O–H groups in total. The molecule has 0 heterocycles. The van der Waals surface area contributed by atoms with Gasteiger partial charge < -0.3 is 4.74 Å². The molecule has 0 spiro atoms. The van der Waals surface area contributed by atoms with Crippen molar-refractivity contribution >= 4 is 0 Å². The molecule has 0 rings (SSSR count). The molecule has 0 saturated carbocycles. The first-order chi connectivity index (χ1) is 14.4. The van der Waals surface area contributed by atoms with Gasteiger partial charge in [0.1, 0.15) is 0 Å². The Balaban J connectivity index is 0. The zero-order chi connectivity index (χ0) is 21.1. The van der Waals surface area contributed by atoms with E-state index >= 15 is 0 Å². The molecule has 0 amide bonds. The third-order valence-electron chi connectivity index (χ3n) is 6.28. The molecule has 0 atom stereocenters. The van der Waals surface area contributed by atoms with Gasteiger partial charge in [-0.15, -0.1) is 0 Å². The summed E-state index contributed by atoms with van der Waals surface area (Å²) in [4.78, 5) is 0. The molecule has 0 fully saturated rings. The van der Waals surface area contributed by atoms with Gasteiger partial charge in [0.15, 0.2) is 0 Å². The van der Waals surface area contributed by atoms with Crippen molar-refractivity contribution in [2.45, 2.75) is 168 Å². The van der Waals surface area contributed by atoms with E-state index in [1.165, 1.54) is 154 Å². The Morgan fingerprint density at radius 3 is 0.733 bits per heavy atom. The van der Waals surface area contributed by atoms with Crippen molar-refractivity contribution < 1.29 is 26.5 Å². The van der Waals surface area contributed by atoms with Gasteiger partial charge in [0, 0.05) is 34.9 Å². The van der Waals surface area contributed by atoms with Crippen LogP contribution in [-0.2, 0) is 26.5 Å². The fraction of sp³-hybridized carbons (Fsp3) is 1.00. The first-order valence-electron chi connectivity index (χ1n) is 14.0. The molecule has 0 aliphatic rings. The molecule has 0 unspecified atom stereocenters. The average molecular weight is 459 g/mol. The van der Waals surface area contributed by atoms with Gasteiger partial charge in [-0.3, -0.25) is 0 Å². The smallest absolute Gasteiger partial charge is 0.0466 e. The van der Waals surface area contributed by atoms with Gasteiger partial charge in [-0.05, 0) is 12.8 Å². The number of unbranched alkanes of at least 4 members (excludes halogenated alkanes) is 22. The molecule has 0 radical (unpaired) electrons. The minimum absolute atomic E-state index is 0. The molecule has 0 aliphatic heterocycles. The second kappa shape index (κ2) is 31.9. The van der Waals surface area contributed by atoms with E-state index in [1.807, 2.05) is 0 Å². The van der Waals surface area contributed by atoms with Crippen LogP contribution in [0.2, 0.25) is 0 Å². The quantitative estimate of drug-likeness (QED) is 0.0925. The number of hydrogen-bond donors (Lipinski definition) is 0. The van der Waals surface area contributed by atoms with Crippen LogP contribution in [0.5, 0.6) is 0 Å². The van der Waals surface area contributed by atoms with Gasteiger partial charge in [-0.2, -0.15) is 0 Å². The van der Waals surface area contributed by atoms with Crippen LogP contribution in [0.3, 0.4) is 0 Å². The predicted octanol–water partition coefficient (Wildman–Crippen LogP) is 10.4. The molecule has 180 valence electrons. The summed E-state index contributed by atoms with van der Waals surface area (Å²) in [5.74, 6) is 0. The molecule has 0 aliphatic carbocycles. The largest absolute Gasteiger partial charge is 0.381 e. The van der Waals surface area contributed by atoms with Crippen LogP contribution < -0.4 is 0 Å². The van der Waals surface area contributed by atoms with E-state index in [-0.39, 0.29) is 21.7 Å². The van der Waals surface area contributed by atoms with Crippen LogP contribution in [-0.4, -0.2) is 13.2 Å². The fourth-order valence-electron chi connectivity index (χ4n) is 4.19. The Morgan fingerprint density at radius 1 is 0.300 bits per heavy atom. The Labute approximate surface area is 207 Å². The van der Waals surface area contributed by atoms with Gasteiger partial charge in [0.25, 0.3) is 0 Å². The van der Waals surface area contributed by atoms with Gasteiger partial charge in [0.05, 0.1) is 0 Å². The van der Waals surface area contributed by atoms with E-state index in [4.69, 9.17) is 4.74 Å². The Morgan fingerprint density at radius 2 is 0.500 bits per heavy atom. The molecular formula is C28H58OTi. The maximum absolute atomic E-state index is 5.82. The monoisotopic (exact) mass is 458 g/mol. The zero-order valence-electron chi connectivity index (χ0n) is 21.3. The molecule has 1 nitrogen and oxygen atoms in total. The van der Waals surface area contributed by atoms with Crippen molar-refractivity contribution in [2.75, 3.05) is 13.2 Å². The Kier molecular flexibility index (Phi) is 34.9. The van der Waals surface area contributed by atoms with Crippen molar-refractivity contribution in [2.24, 2.45) is 0 Å². The number of ether oxygens (including phenoxy) is 1. The van der Waals surface area contributed by atoms with Crippen LogP contribution in [0.15, 0.2) is 0 Å². The number of rotatable bonds is 26. The summed E-state index contributed by atoms with van der Waals surface area (Å²) in [6, 6.07) is 0. The van der Waals surface area contributed by atoms with Crippen molar-refractivity contribution in [1.29, 1.82) is 0 Å². The van der Waals surface area contributed by atoms with Crippen molar-refractivity contribution in [1.82, 2.24) is 0 Å². The molecule has 0 saturated heterocycles. The van der Waals surface area contributed by atoms with E-state index in [0.29, 0.717) is 0 Å². The number of hydrogen-bond acceptors (Lipinski definition) is 1. The normalized spacial score (nSPS) is 11.0. The second-order valence-corrected chi connectivity index (χ2v) is 9.39. The molecule has 0 aromatic carbocycles. The SMILES string of the molecule is CCCCCCCCCCCCCCOCCCCCCCCCCCCCC.[Ti]. The topological polar surface area (TPSA) is 9.23 Å². The average Bonchev–Trinajstić information content (AvgIpc) is 2.74. The van der Waals surface area contributed by atoms with E-state index < -0.39 is 0 Å². The van der Waals surface area contributed by atoms with E-state index in [0.717, 1.165) is 13.2 Å². The first-order valence-corrected chi connectivity index (χ1v) is 14.0. The minimum Gasteiger partial charge on any atom is -0.381 e. The third kappa shape index (κ3) is 30.9. The van der Waals surface area contributed by atoms with Gasteiger partial charge >= 0.3 is 0 Å². The summed E-state index contributed by atoms with van der Waals surface area (Å²) < 4.78 is 5.82. The summed E-state index contributed by atoms with van der Waals surface area (Å²) in [5, 5.41) is 0. The fourth-order valence-corrected chi connectivity index (χ4v) is 4.19. The summed E-state index contributed by atoms with van der Waals surface area (Å²) in [6.07, 6.45) is 34.1. The Bertz CT molecular complexity index is 243. The first kappa shape index (κ1) is 32.9. The molecular weight excluding hydrogens is 400 g/mol. The summed E-state index contributed by atoms with van der Waals surface area (Å²) >= 11 is 0. The van der Waals surface area contributed by atoms with Crippen LogP contribution in [0, 0.1) is 0 Å². The maximum atomic E-state index is 5.82. The van der Waals surface area contributed by atoms with Crippen LogP contribution in [0.4, 0.5) is 0 Å². The van der Waals surface area contributed by atoms with Crippen molar-refractivity contribution in [3.05, 3.63) is 0 Å². The van der Waals surface area contributed by atoms with E-state index in [1.54, 1.807) is 0 Å².